The van der Waals surface area contributed by atoms with Crippen LogP contribution in [0.2, 0.25) is 0 Å². The predicted octanol–water partition coefficient (Wildman–Crippen LogP) is 3.58. The first-order valence-electron chi connectivity index (χ1n) is 9.98. The molecule has 2 aliphatic rings. The fourth-order valence-electron chi connectivity index (χ4n) is 5.10. The number of rotatable bonds is 6. The van der Waals surface area contributed by atoms with Crippen LogP contribution in [0.15, 0.2) is 36.4 Å². The van der Waals surface area contributed by atoms with E-state index < -0.39 is 5.60 Å². The molecule has 0 spiro atoms. The summed E-state index contributed by atoms with van der Waals surface area (Å²) in [4.78, 5) is 2.36. The van der Waals surface area contributed by atoms with Crippen molar-refractivity contribution in [3.8, 4) is 17.2 Å². The minimum atomic E-state index is -0.887. The molecule has 1 aliphatic carbocycles. The van der Waals surface area contributed by atoms with Crippen molar-refractivity contribution in [2.24, 2.45) is 11.8 Å². The third-order valence-electron chi connectivity index (χ3n) is 6.50. The molecule has 0 aromatic heterocycles. The molecule has 1 aliphatic heterocycles. The highest BCUT2D eigenvalue weighted by Crippen LogP contribution is 2.51. The third kappa shape index (κ3) is 3.55. The van der Waals surface area contributed by atoms with Crippen molar-refractivity contribution in [2.75, 3.05) is 34.4 Å². The van der Waals surface area contributed by atoms with Crippen LogP contribution in [0.25, 0.3) is 0 Å². The van der Waals surface area contributed by atoms with Crippen molar-refractivity contribution in [1.82, 2.24) is 4.90 Å². The molecule has 0 bridgehead atoms. The zero-order valence-electron chi connectivity index (χ0n) is 17.2. The summed E-state index contributed by atoms with van der Waals surface area (Å²) in [7, 11) is 4.83. The maximum Gasteiger partial charge on any atom is 0.203 e. The molecular weight excluding hydrogens is 373 g/mol. The Kier molecular flexibility index (Phi) is 5.40. The molecule has 1 saturated heterocycles. The summed E-state index contributed by atoms with van der Waals surface area (Å²) < 4.78 is 29.7. The first kappa shape index (κ1) is 20.0. The average Bonchev–Trinajstić information content (AvgIpc) is 3.27. The second-order valence-corrected chi connectivity index (χ2v) is 8.06. The van der Waals surface area contributed by atoms with Crippen molar-refractivity contribution in [3.63, 3.8) is 0 Å². The van der Waals surface area contributed by atoms with Gasteiger partial charge in [0.1, 0.15) is 5.82 Å². The molecule has 3 atom stereocenters. The monoisotopic (exact) mass is 401 g/mol. The Morgan fingerprint density at radius 2 is 1.69 bits per heavy atom. The molecule has 2 aromatic carbocycles. The maximum absolute atomic E-state index is 13.3. The Labute approximate surface area is 171 Å². The molecular formula is C23H28FNO4. The van der Waals surface area contributed by atoms with E-state index in [0.29, 0.717) is 23.2 Å². The van der Waals surface area contributed by atoms with Crippen LogP contribution in [0.5, 0.6) is 17.2 Å². The summed E-state index contributed by atoms with van der Waals surface area (Å²) >= 11 is 0. The van der Waals surface area contributed by atoms with Crippen LogP contribution in [0.4, 0.5) is 4.39 Å². The molecule has 6 heteroatoms. The van der Waals surface area contributed by atoms with Crippen molar-refractivity contribution in [2.45, 2.75) is 25.0 Å². The quantitative estimate of drug-likeness (QED) is 0.802. The lowest BCUT2D eigenvalue weighted by Gasteiger charge is -2.31. The molecule has 2 aromatic rings. The number of halogens is 1. The fourth-order valence-corrected chi connectivity index (χ4v) is 5.10. The van der Waals surface area contributed by atoms with Crippen LogP contribution in [-0.2, 0) is 12.1 Å². The highest BCUT2D eigenvalue weighted by molar-refractivity contribution is 5.53. The smallest absolute Gasteiger partial charge is 0.203 e. The van der Waals surface area contributed by atoms with Gasteiger partial charge in [0.05, 0.1) is 26.9 Å². The molecule has 3 unspecified atom stereocenters. The van der Waals surface area contributed by atoms with Crippen LogP contribution in [0, 0.1) is 17.7 Å². The van der Waals surface area contributed by atoms with Crippen LogP contribution in [-0.4, -0.2) is 44.4 Å². The zero-order chi connectivity index (χ0) is 20.6. The minimum absolute atomic E-state index is 0.148. The Hall–Kier alpha value is -2.31. The maximum atomic E-state index is 13.3. The largest absolute Gasteiger partial charge is 0.493 e. The number of fused-ring (bicyclic) bond motifs is 1. The minimum Gasteiger partial charge on any atom is -0.493 e. The van der Waals surface area contributed by atoms with E-state index in [4.69, 9.17) is 14.2 Å². The number of hydrogen-bond acceptors (Lipinski definition) is 5. The van der Waals surface area contributed by atoms with Crippen LogP contribution < -0.4 is 14.2 Å². The van der Waals surface area contributed by atoms with Crippen molar-refractivity contribution < 1.29 is 23.7 Å². The summed E-state index contributed by atoms with van der Waals surface area (Å²) in [6, 6.07) is 10.3. The van der Waals surface area contributed by atoms with Gasteiger partial charge in [-0.15, -0.1) is 0 Å². The van der Waals surface area contributed by atoms with Crippen LogP contribution in [0.1, 0.15) is 24.0 Å². The number of nitrogens with zero attached hydrogens (tertiary/aromatic N) is 1. The summed E-state index contributed by atoms with van der Waals surface area (Å²) in [5.74, 6) is 2.18. The number of hydrogen-bond donors (Lipinski definition) is 1. The number of likely N-dealkylation sites (tertiary alicyclic amines) is 1. The topological polar surface area (TPSA) is 51.2 Å². The van der Waals surface area contributed by atoms with E-state index in [1.54, 1.807) is 33.5 Å². The lowest BCUT2D eigenvalue weighted by Crippen LogP contribution is -2.34. The molecule has 2 fully saturated rings. The summed E-state index contributed by atoms with van der Waals surface area (Å²) in [6.07, 6.45) is 1.70. The fraction of sp³-hybridized carbons (Fsp3) is 0.478. The number of methoxy groups -OCH3 is 3. The number of aliphatic hydroxyl groups is 1. The van der Waals surface area contributed by atoms with E-state index in [2.05, 4.69) is 4.90 Å². The predicted molar refractivity (Wildman–Crippen MR) is 108 cm³/mol. The SMILES string of the molecule is COc1cc(CN2CC3CCC(O)(c4ccc(F)cc4)C3C2)cc(OC)c1OC. The second kappa shape index (κ2) is 7.84. The van der Waals surface area contributed by atoms with Crippen molar-refractivity contribution in [1.29, 1.82) is 0 Å². The Balaban J connectivity index is 1.53. The lowest BCUT2D eigenvalue weighted by molar-refractivity contribution is -0.00688. The highest BCUT2D eigenvalue weighted by atomic mass is 19.1. The molecule has 1 N–H and O–H groups in total. The van der Waals surface area contributed by atoms with Crippen LogP contribution >= 0.6 is 0 Å². The van der Waals surface area contributed by atoms with Crippen molar-refractivity contribution in [3.05, 3.63) is 53.3 Å². The Morgan fingerprint density at radius 3 is 2.28 bits per heavy atom. The summed E-state index contributed by atoms with van der Waals surface area (Å²) in [6.45, 7) is 2.48. The highest BCUT2D eigenvalue weighted by Gasteiger charge is 2.52. The van der Waals surface area contributed by atoms with Gasteiger partial charge in [0.2, 0.25) is 5.75 Å². The van der Waals surface area contributed by atoms with E-state index in [1.165, 1.54) is 12.1 Å². The van der Waals surface area contributed by atoms with E-state index in [1.807, 2.05) is 12.1 Å². The van der Waals surface area contributed by atoms with Gasteiger partial charge in [-0.3, -0.25) is 4.90 Å². The van der Waals surface area contributed by atoms with Gasteiger partial charge >= 0.3 is 0 Å². The van der Waals surface area contributed by atoms with Gasteiger partial charge < -0.3 is 19.3 Å². The van der Waals surface area contributed by atoms with E-state index >= 15 is 0 Å². The zero-order valence-corrected chi connectivity index (χ0v) is 17.2. The first-order chi connectivity index (χ1) is 14.0. The van der Waals surface area contributed by atoms with Gasteiger partial charge in [-0.25, -0.2) is 4.39 Å². The number of benzene rings is 2. The van der Waals surface area contributed by atoms with Gasteiger partial charge in [0.25, 0.3) is 0 Å². The summed E-state index contributed by atoms with van der Waals surface area (Å²) in [5, 5.41) is 11.4. The average molecular weight is 401 g/mol. The molecule has 4 rings (SSSR count). The van der Waals surface area contributed by atoms with E-state index in [-0.39, 0.29) is 11.7 Å². The van der Waals surface area contributed by atoms with E-state index in [9.17, 15) is 9.50 Å². The van der Waals surface area contributed by atoms with Gasteiger partial charge in [0, 0.05) is 25.6 Å². The van der Waals surface area contributed by atoms with Gasteiger partial charge in [0.15, 0.2) is 11.5 Å². The van der Waals surface area contributed by atoms with Gasteiger partial charge in [-0.2, -0.15) is 0 Å². The standard InChI is InChI=1S/C23H28FNO4/c1-27-20-10-15(11-21(28-2)22(20)29-3)12-25-13-16-8-9-23(26,19(16)14-25)17-4-6-18(24)7-5-17/h4-7,10-11,16,19,26H,8-9,12-14H2,1-3H3. The molecule has 1 heterocycles. The Bertz CT molecular complexity index is 847. The Morgan fingerprint density at radius 1 is 1.03 bits per heavy atom. The second-order valence-electron chi connectivity index (χ2n) is 8.06. The molecule has 1 saturated carbocycles. The normalized spacial score (nSPS) is 26.4. The number of ether oxygens (including phenoxy) is 3. The molecule has 156 valence electrons. The van der Waals surface area contributed by atoms with Crippen molar-refractivity contribution >= 4 is 0 Å². The third-order valence-corrected chi connectivity index (χ3v) is 6.50. The first-order valence-corrected chi connectivity index (χ1v) is 9.98. The van der Waals surface area contributed by atoms with Crippen LogP contribution in [0.3, 0.4) is 0 Å². The summed E-state index contributed by atoms with van der Waals surface area (Å²) in [5.41, 5.74) is 1.01. The van der Waals surface area contributed by atoms with E-state index in [0.717, 1.165) is 43.6 Å². The van der Waals surface area contributed by atoms with Gasteiger partial charge in [-0.1, -0.05) is 12.1 Å². The van der Waals surface area contributed by atoms with Gasteiger partial charge in [-0.05, 0) is 54.2 Å². The molecule has 5 nitrogen and oxygen atoms in total. The lowest BCUT2D eigenvalue weighted by atomic mass is 9.82. The molecule has 0 amide bonds. The molecule has 0 radical (unpaired) electrons. The molecule has 29 heavy (non-hydrogen) atoms.